The van der Waals surface area contributed by atoms with Crippen molar-refractivity contribution in [1.29, 1.82) is 5.26 Å². The van der Waals surface area contributed by atoms with Gasteiger partial charge in [-0.15, -0.1) is 0 Å². The normalized spacial score (nSPS) is 25.5. The predicted octanol–water partition coefficient (Wildman–Crippen LogP) is 4.82. The molecule has 2 aromatic carbocycles. The van der Waals surface area contributed by atoms with Gasteiger partial charge in [-0.25, -0.2) is 4.39 Å². The lowest BCUT2D eigenvalue weighted by molar-refractivity contribution is 0.0106. The number of aliphatic hydroxyl groups is 1. The van der Waals surface area contributed by atoms with Gasteiger partial charge in [-0.3, -0.25) is 0 Å². The third-order valence-corrected chi connectivity index (χ3v) is 6.10. The number of hydrogen-bond acceptors (Lipinski definition) is 4. The van der Waals surface area contributed by atoms with E-state index < -0.39 is 5.60 Å². The second kappa shape index (κ2) is 8.22. The molecule has 4 nitrogen and oxygen atoms in total. The molecule has 2 aromatic rings. The van der Waals surface area contributed by atoms with Crippen molar-refractivity contribution in [1.82, 2.24) is 0 Å². The third kappa shape index (κ3) is 3.74. The number of hydrogen-bond donors (Lipinski definition) is 1. The Balaban J connectivity index is 1.76. The zero-order chi connectivity index (χ0) is 21.3. The van der Waals surface area contributed by atoms with E-state index in [1.807, 2.05) is 26.0 Å². The minimum absolute atomic E-state index is 0.00535. The zero-order valence-electron chi connectivity index (χ0n) is 17.3. The van der Waals surface area contributed by atoms with E-state index in [-0.39, 0.29) is 30.4 Å². The first kappa shape index (κ1) is 20.6. The van der Waals surface area contributed by atoms with Crippen LogP contribution in [0, 0.1) is 23.1 Å². The van der Waals surface area contributed by atoms with Gasteiger partial charge in [0.1, 0.15) is 11.6 Å². The molecule has 0 amide bonds. The van der Waals surface area contributed by atoms with Gasteiger partial charge in [0, 0.05) is 18.1 Å². The lowest BCUT2D eigenvalue weighted by Crippen LogP contribution is -2.33. The van der Waals surface area contributed by atoms with Crippen LogP contribution >= 0.6 is 0 Å². The molecule has 1 heterocycles. The molecule has 1 N–H and O–H groups in total. The SMILES string of the molecule is CC(C)Oc1ccc(C#N)cc1C1=C[C@@]2(CC[C@H](CO)[C@H]2c2ccc(F)cc2)OC1. The largest absolute Gasteiger partial charge is 0.490 e. The lowest BCUT2D eigenvalue weighted by atomic mass is 9.80. The molecule has 1 spiro atoms. The molecule has 30 heavy (non-hydrogen) atoms. The summed E-state index contributed by atoms with van der Waals surface area (Å²) in [5, 5.41) is 19.3. The van der Waals surface area contributed by atoms with Crippen LogP contribution < -0.4 is 4.74 Å². The summed E-state index contributed by atoms with van der Waals surface area (Å²) in [5.74, 6) is 0.432. The molecule has 156 valence electrons. The maximum Gasteiger partial charge on any atom is 0.127 e. The second-order valence-corrected chi connectivity index (χ2v) is 8.41. The van der Waals surface area contributed by atoms with Crippen molar-refractivity contribution in [2.24, 2.45) is 5.92 Å². The van der Waals surface area contributed by atoms with Gasteiger partial charge in [0.15, 0.2) is 0 Å². The Morgan fingerprint density at radius 2 is 2.03 bits per heavy atom. The first-order valence-electron chi connectivity index (χ1n) is 10.4. The quantitative estimate of drug-likeness (QED) is 0.772. The van der Waals surface area contributed by atoms with Crippen molar-refractivity contribution in [3.8, 4) is 11.8 Å². The number of rotatable bonds is 5. The van der Waals surface area contributed by atoms with Gasteiger partial charge in [0.25, 0.3) is 0 Å². The molecule has 0 saturated heterocycles. The number of nitrogens with zero attached hydrogens (tertiary/aromatic N) is 1. The molecule has 0 radical (unpaired) electrons. The van der Waals surface area contributed by atoms with Crippen molar-refractivity contribution in [2.75, 3.05) is 13.2 Å². The highest BCUT2D eigenvalue weighted by molar-refractivity contribution is 5.75. The van der Waals surface area contributed by atoms with E-state index in [2.05, 4.69) is 12.1 Å². The van der Waals surface area contributed by atoms with Crippen LogP contribution in [0.5, 0.6) is 5.75 Å². The van der Waals surface area contributed by atoms with Gasteiger partial charge in [-0.1, -0.05) is 12.1 Å². The number of benzene rings is 2. The highest BCUT2D eigenvalue weighted by Gasteiger charge is 2.51. The molecule has 5 heteroatoms. The highest BCUT2D eigenvalue weighted by atomic mass is 19.1. The molecule has 3 atom stereocenters. The number of aliphatic hydroxyl groups excluding tert-OH is 1. The van der Waals surface area contributed by atoms with E-state index >= 15 is 0 Å². The summed E-state index contributed by atoms with van der Waals surface area (Å²) in [6.45, 7) is 4.40. The van der Waals surface area contributed by atoms with Gasteiger partial charge in [0.2, 0.25) is 0 Å². The molecular formula is C25H26FNO3. The lowest BCUT2D eigenvalue weighted by Gasteiger charge is -2.32. The van der Waals surface area contributed by atoms with Gasteiger partial charge < -0.3 is 14.6 Å². The molecular weight excluding hydrogens is 381 g/mol. The first-order chi connectivity index (χ1) is 14.5. The average molecular weight is 407 g/mol. The fourth-order valence-corrected chi connectivity index (χ4v) is 4.83. The van der Waals surface area contributed by atoms with E-state index in [4.69, 9.17) is 9.47 Å². The maximum absolute atomic E-state index is 13.5. The molecule has 1 saturated carbocycles. The van der Waals surface area contributed by atoms with E-state index in [1.54, 1.807) is 18.2 Å². The van der Waals surface area contributed by atoms with Gasteiger partial charge in [-0.05, 0) is 80.2 Å². The van der Waals surface area contributed by atoms with E-state index in [1.165, 1.54) is 12.1 Å². The zero-order valence-corrected chi connectivity index (χ0v) is 17.3. The first-order valence-corrected chi connectivity index (χ1v) is 10.4. The summed E-state index contributed by atoms with van der Waals surface area (Å²) in [6.07, 6.45) is 3.75. The Morgan fingerprint density at radius 1 is 1.27 bits per heavy atom. The van der Waals surface area contributed by atoms with Crippen LogP contribution in [-0.4, -0.2) is 30.0 Å². The molecule has 1 fully saturated rings. The van der Waals surface area contributed by atoms with E-state index in [9.17, 15) is 14.8 Å². The summed E-state index contributed by atoms with van der Waals surface area (Å²) < 4.78 is 25.9. The van der Waals surface area contributed by atoms with Crippen LogP contribution in [-0.2, 0) is 4.74 Å². The van der Waals surface area contributed by atoms with Gasteiger partial charge >= 0.3 is 0 Å². The van der Waals surface area contributed by atoms with E-state index in [0.717, 1.165) is 35.3 Å². The Labute approximate surface area is 176 Å². The minimum atomic E-state index is -0.557. The Bertz CT molecular complexity index is 992. The van der Waals surface area contributed by atoms with Crippen molar-refractivity contribution in [3.63, 3.8) is 0 Å². The summed E-state index contributed by atoms with van der Waals surface area (Å²) >= 11 is 0. The fraction of sp³-hybridized carbons (Fsp3) is 0.400. The third-order valence-electron chi connectivity index (χ3n) is 6.10. The van der Waals surface area contributed by atoms with Crippen molar-refractivity contribution in [2.45, 2.75) is 44.3 Å². The summed E-state index contributed by atoms with van der Waals surface area (Å²) in [7, 11) is 0. The average Bonchev–Trinajstić information content (AvgIpc) is 3.33. The topological polar surface area (TPSA) is 62.5 Å². The van der Waals surface area contributed by atoms with Gasteiger partial charge in [-0.2, -0.15) is 5.26 Å². The summed E-state index contributed by atoms with van der Waals surface area (Å²) in [5.41, 5.74) is 2.82. The van der Waals surface area contributed by atoms with Crippen LogP contribution in [0.3, 0.4) is 0 Å². The molecule has 1 aliphatic carbocycles. The Morgan fingerprint density at radius 3 is 2.70 bits per heavy atom. The smallest absolute Gasteiger partial charge is 0.127 e. The van der Waals surface area contributed by atoms with Crippen LogP contribution in [0.1, 0.15) is 49.3 Å². The monoisotopic (exact) mass is 407 g/mol. The highest BCUT2D eigenvalue weighted by Crippen LogP contribution is 2.53. The summed E-state index contributed by atoms with van der Waals surface area (Å²) in [6, 6.07) is 14.1. The van der Waals surface area contributed by atoms with Crippen molar-refractivity contribution >= 4 is 5.57 Å². The Hall–Kier alpha value is -2.68. The fourth-order valence-electron chi connectivity index (χ4n) is 4.83. The van der Waals surface area contributed by atoms with Crippen molar-refractivity contribution in [3.05, 3.63) is 71.0 Å². The molecule has 0 bridgehead atoms. The second-order valence-electron chi connectivity index (χ2n) is 8.41. The summed E-state index contributed by atoms with van der Waals surface area (Å²) in [4.78, 5) is 0. The van der Waals surface area contributed by atoms with Crippen molar-refractivity contribution < 1.29 is 19.0 Å². The number of nitriles is 1. The predicted molar refractivity (Wildman–Crippen MR) is 113 cm³/mol. The van der Waals surface area contributed by atoms with Crippen LogP contribution in [0.4, 0.5) is 4.39 Å². The molecule has 0 unspecified atom stereocenters. The Kier molecular flexibility index (Phi) is 5.64. The van der Waals surface area contributed by atoms with Crippen LogP contribution in [0.15, 0.2) is 48.5 Å². The number of halogens is 1. The molecule has 1 aliphatic heterocycles. The molecule has 2 aliphatic rings. The molecule has 0 aromatic heterocycles. The maximum atomic E-state index is 13.5. The molecule has 4 rings (SSSR count). The van der Waals surface area contributed by atoms with Crippen LogP contribution in [0.25, 0.3) is 5.57 Å². The number of ether oxygens (including phenoxy) is 2. The van der Waals surface area contributed by atoms with Crippen LogP contribution in [0.2, 0.25) is 0 Å². The van der Waals surface area contributed by atoms with Gasteiger partial charge in [0.05, 0.1) is 29.9 Å². The minimum Gasteiger partial charge on any atom is -0.490 e. The van der Waals surface area contributed by atoms with E-state index in [0.29, 0.717) is 12.2 Å². The standard InChI is InChI=1S/C25H26FNO3/c1-16(2)30-23-8-3-17(13-27)11-22(23)20-12-25(29-15-20)10-9-19(14-28)24(25)18-4-6-21(26)7-5-18/h3-8,11-12,16,19,24,28H,9-10,14-15H2,1-2H3/t19-,24-,25-/m1/s1.